The number of carbonyl (C=O) groups is 1. The van der Waals surface area contributed by atoms with Crippen molar-refractivity contribution in [1.82, 2.24) is 20.7 Å². The van der Waals surface area contributed by atoms with Gasteiger partial charge in [-0.05, 0) is 60.2 Å². The molecular weight excluding hydrogens is 456 g/mol. The van der Waals surface area contributed by atoms with E-state index in [-0.39, 0.29) is 5.91 Å². The van der Waals surface area contributed by atoms with Gasteiger partial charge in [0.15, 0.2) is 0 Å². The number of aromatic amines is 1. The van der Waals surface area contributed by atoms with Crippen molar-refractivity contribution in [2.45, 2.75) is 16.4 Å². The van der Waals surface area contributed by atoms with Gasteiger partial charge in [-0.2, -0.15) is 5.10 Å². The Balaban J connectivity index is 1.28. The first-order chi connectivity index (χ1) is 17.3. The molecule has 2 heterocycles. The van der Waals surface area contributed by atoms with Crippen LogP contribution in [0.4, 0.5) is 0 Å². The number of aromatic nitrogens is 3. The number of hydrogen-bond donors (Lipinski definition) is 2. The molecule has 2 N–H and O–H groups in total. The SMILES string of the molecule is O=C(NOCc1ccccc1)c1ccccc1Sc1ccc2c(C=Cc3ccccn3)n[nH]c2c1. The highest BCUT2D eigenvalue weighted by Crippen LogP contribution is 2.33. The lowest BCUT2D eigenvalue weighted by molar-refractivity contribution is 0.0231. The lowest BCUT2D eigenvalue weighted by Crippen LogP contribution is -2.24. The number of fused-ring (bicyclic) bond motifs is 1. The molecule has 0 unspecified atom stereocenters. The Morgan fingerprint density at radius 2 is 1.77 bits per heavy atom. The summed E-state index contributed by atoms with van der Waals surface area (Å²) in [6.07, 6.45) is 5.65. The van der Waals surface area contributed by atoms with Gasteiger partial charge in [0.2, 0.25) is 0 Å². The van der Waals surface area contributed by atoms with Crippen molar-refractivity contribution >= 4 is 40.7 Å². The first-order valence-electron chi connectivity index (χ1n) is 11.1. The summed E-state index contributed by atoms with van der Waals surface area (Å²) in [5.74, 6) is -0.284. The minimum atomic E-state index is -0.284. The van der Waals surface area contributed by atoms with Gasteiger partial charge in [0.25, 0.3) is 5.91 Å². The zero-order valence-electron chi connectivity index (χ0n) is 18.7. The molecule has 3 aromatic carbocycles. The van der Waals surface area contributed by atoms with E-state index in [9.17, 15) is 4.79 Å². The average Bonchev–Trinajstić information content (AvgIpc) is 3.31. The van der Waals surface area contributed by atoms with Crippen LogP contribution >= 0.6 is 11.8 Å². The van der Waals surface area contributed by atoms with E-state index in [1.807, 2.05) is 97.1 Å². The zero-order chi connectivity index (χ0) is 23.9. The molecule has 0 fully saturated rings. The molecule has 6 nitrogen and oxygen atoms in total. The van der Waals surface area contributed by atoms with Gasteiger partial charge < -0.3 is 0 Å². The number of nitrogens with zero attached hydrogens (tertiary/aromatic N) is 2. The Labute approximate surface area is 207 Å². The fourth-order valence-corrected chi connectivity index (χ4v) is 4.52. The van der Waals surface area contributed by atoms with Gasteiger partial charge >= 0.3 is 0 Å². The van der Waals surface area contributed by atoms with Crippen LogP contribution in [0.5, 0.6) is 0 Å². The monoisotopic (exact) mass is 478 g/mol. The standard InChI is InChI=1S/C28H22N4O2S/c33-28(32-34-19-20-8-2-1-3-9-20)24-11-4-5-12-27(24)35-22-14-15-23-25(30-31-26(23)18-22)16-13-21-10-6-7-17-29-21/h1-18H,19H2,(H,30,31)(H,32,33). The molecule has 0 spiro atoms. The van der Waals surface area contributed by atoms with E-state index in [0.29, 0.717) is 12.2 Å². The smallest absolute Gasteiger partial charge is 0.275 e. The first kappa shape index (κ1) is 22.6. The van der Waals surface area contributed by atoms with Crippen LogP contribution in [0.1, 0.15) is 27.3 Å². The molecule has 0 radical (unpaired) electrons. The molecule has 0 saturated heterocycles. The van der Waals surface area contributed by atoms with Gasteiger partial charge in [0.05, 0.1) is 29.1 Å². The molecule has 0 aliphatic heterocycles. The molecule has 0 atom stereocenters. The molecule has 5 rings (SSSR count). The second-order valence-electron chi connectivity index (χ2n) is 7.71. The highest BCUT2D eigenvalue weighted by Gasteiger charge is 2.13. The van der Waals surface area contributed by atoms with E-state index >= 15 is 0 Å². The number of H-pyrrole nitrogens is 1. The minimum absolute atomic E-state index is 0.284. The topological polar surface area (TPSA) is 79.9 Å². The molecule has 172 valence electrons. The van der Waals surface area contributed by atoms with Crippen molar-refractivity contribution in [3.63, 3.8) is 0 Å². The van der Waals surface area contributed by atoms with E-state index in [2.05, 4.69) is 20.7 Å². The van der Waals surface area contributed by atoms with Gasteiger partial charge in [-0.3, -0.25) is 19.7 Å². The predicted octanol–water partition coefficient (Wildman–Crippen LogP) is 6.14. The van der Waals surface area contributed by atoms with E-state index in [4.69, 9.17) is 4.84 Å². The predicted molar refractivity (Wildman–Crippen MR) is 139 cm³/mol. The summed E-state index contributed by atoms with van der Waals surface area (Å²) in [4.78, 5) is 24.3. The highest BCUT2D eigenvalue weighted by atomic mass is 32.2. The molecule has 7 heteroatoms. The summed E-state index contributed by atoms with van der Waals surface area (Å²) in [6, 6.07) is 29.1. The van der Waals surface area contributed by atoms with Crippen LogP contribution in [-0.2, 0) is 11.4 Å². The van der Waals surface area contributed by atoms with Crippen molar-refractivity contribution in [2.75, 3.05) is 0 Å². The van der Waals surface area contributed by atoms with E-state index in [0.717, 1.165) is 37.6 Å². The summed E-state index contributed by atoms with van der Waals surface area (Å²) >= 11 is 1.51. The molecular formula is C28H22N4O2S. The summed E-state index contributed by atoms with van der Waals surface area (Å²) in [5, 5.41) is 8.55. The molecule has 0 aliphatic rings. The number of amides is 1. The third kappa shape index (κ3) is 5.66. The van der Waals surface area contributed by atoms with Gasteiger partial charge in [-0.25, -0.2) is 5.48 Å². The largest absolute Gasteiger partial charge is 0.277 e. The number of hydroxylamine groups is 1. The minimum Gasteiger partial charge on any atom is -0.277 e. The molecule has 0 aliphatic carbocycles. The Morgan fingerprint density at radius 3 is 2.63 bits per heavy atom. The van der Waals surface area contributed by atoms with Crippen LogP contribution in [0.25, 0.3) is 23.1 Å². The summed E-state index contributed by atoms with van der Waals surface area (Å²) < 4.78 is 0. The number of rotatable bonds is 8. The number of carbonyl (C=O) groups excluding carboxylic acids is 1. The lowest BCUT2D eigenvalue weighted by Gasteiger charge is -2.10. The first-order valence-corrected chi connectivity index (χ1v) is 11.9. The Kier molecular flexibility index (Phi) is 6.98. The van der Waals surface area contributed by atoms with Crippen molar-refractivity contribution in [3.05, 3.63) is 120 Å². The number of nitrogens with one attached hydrogen (secondary N) is 2. The van der Waals surface area contributed by atoms with Crippen molar-refractivity contribution in [1.29, 1.82) is 0 Å². The van der Waals surface area contributed by atoms with Crippen LogP contribution in [0.2, 0.25) is 0 Å². The molecule has 0 saturated carbocycles. The maximum absolute atomic E-state index is 12.8. The summed E-state index contributed by atoms with van der Waals surface area (Å²) in [5.41, 5.74) is 6.73. The lowest BCUT2D eigenvalue weighted by atomic mass is 10.2. The maximum atomic E-state index is 12.8. The molecule has 5 aromatic rings. The fourth-order valence-electron chi connectivity index (χ4n) is 3.53. The Hall–Kier alpha value is -4.20. The van der Waals surface area contributed by atoms with Crippen LogP contribution in [0, 0.1) is 0 Å². The second-order valence-corrected chi connectivity index (χ2v) is 8.82. The zero-order valence-corrected chi connectivity index (χ0v) is 19.5. The fraction of sp³-hybridized carbons (Fsp3) is 0.0357. The average molecular weight is 479 g/mol. The van der Waals surface area contributed by atoms with Crippen LogP contribution in [0.3, 0.4) is 0 Å². The summed E-state index contributed by atoms with van der Waals surface area (Å²) in [7, 11) is 0. The molecule has 0 bridgehead atoms. The normalized spacial score (nSPS) is 11.2. The maximum Gasteiger partial charge on any atom is 0.275 e. The quantitative estimate of drug-likeness (QED) is 0.262. The van der Waals surface area contributed by atoms with Crippen molar-refractivity contribution in [3.8, 4) is 0 Å². The van der Waals surface area contributed by atoms with Gasteiger partial charge in [-0.1, -0.05) is 60.3 Å². The number of hydrogen-bond acceptors (Lipinski definition) is 5. The van der Waals surface area contributed by atoms with E-state index < -0.39 is 0 Å². The van der Waals surface area contributed by atoms with Crippen LogP contribution < -0.4 is 5.48 Å². The Morgan fingerprint density at radius 1 is 0.943 bits per heavy atom. The van der Waals surface area contributed by atoms with Crippen LogP contribution in [-0.4, -0.2) is 21.1 Å². The van der Waals surface area contributed by atoms with E-state index in [1.54, 1.807) is 12.3 Å². The van der Waals surface area contributed by atoms with Crippen molar-refractivity contribution in [2.24, 2.45) is 0 Å². The van der Waals surface area contributed by atoms with Gasteiger partial charge in [-0.15, -0.1) is 0 Å². The Bertz CT molecular complexity index is 1470. The summed E-state index contributed by atoms with van der Waals surface area (Å²) in [6.45, 7) is 0.301. The third-order valence-electron chi connectivity index (χ3n) is 5.27. The number of benzene rings is 3. The van der Waals surface area contributed by atoms with E-state index in [1.165, 1.54) is 11.8 Å². The van der Waals surface area contributed by atoms with Crippen LogP contribution in [0.15, 0.2) is 107 Å². The highest BCUT2D eigenvalue weighted by molar-refractivity contribution is 7.99. The third-order valence-corrected chi connectivity index (χ3v) is 6.34. The van der Waals surface area contributed by atoms with Gasteiger partial charge in [0.1, 0.15) is 0 Å². The van der Waals surface area contributed by atoms with Crippen molar-refractivity contribution < 1.29 is 9.63 Å². The molecule has 1 amide bonds. The molecule has 2 aromatic heterocycles. The second kappa shape index (κ2) is 10.8. The number of pyridine rings is 1. The van der Waals surface area contributed by atoms with Gasteiger partial charge in [0, 0.05) is 21.4 Å². The molecule has 35 heavy (non-hydrogen) atoms.